The van der Waals surface area contributed by atoms with Crippen LogP contribution in [0.4, 0.5) is 16.2 Å². The van der Waals surface area contributed by atoms with Gasteiger partial charge in [0, 0.05) is 24.0 Å². The van der Waals surface area contributed by atoms with Crippen molar-refractivity contribution in [2.45, 2.75) is 124 Å². The van der Waals surface area contributed by atoms with Crippen molar-refractivity contribution in [2.24, 2.45) is 0 Å². The highest BCUT2D eigenvalue weighted by molar-refractivity contribution is 8.03. The third-order valence-electron chi connectivity index (χ3n) is 7.74. The summed E-state index contributed by atoms with van der Waals surface area (Å²) in [7, 11) is 0. The highest BCUT2D eigenvalue weighted by Crippen LogP contribution is 2.37. The molecule has 1 heterocycles. The number of benzene rings is 2. The van der Waals surface area contributed by atoms with Gasteiger partial charge in [-0.15, -0.1) is 11.8 Å². The summed E-state index contributed by atoms with van der Waals surface area (Å²) in [5.74, 6) is 1.77. The minimum Gasteiger partial charge on any atom is -0.491 e. The van der Waals surface area contributed by atoms with E-state index >= 15 is 0 Å². The molecule has 5 nitrogen and oxygen atoms in total. The van der Waals surface area contributed by atoms with Gasteiger partial charge in [0.2, 0.25) is 0 Å². The van der Waals surface area contributed by atoms with Crippen LogP contribution in [0.5, 0.6) is 5.75 Å². The first-order chi connectivity index (χ1) is 20.3. The van der Waals surface area contributed by atoms with Crippen LogP contribution in [0.25, 0.3) is 0 Å². The Bertz CT molecular complexity index is 1110. The predicted molar refractivity (Wildman–Crippen MR) is 183 cm³/mol. The topological polar surface area (TPSA) is 53.6 Å². The van der Waals surface area contributed by atoms with E-state index in [-0.39, 0.29) is 11.4 Å². The van der Waals surface area contributed by atoms with E-state index in [1.54, 1.807) is 0 Å². The molecule has 2 aromatic carbocycles. The van der Waals surface area contributed by atoms with Crippen molar-refractivity contribution < 1.29 is 9.53 Å². The number of nitrogens with zero attached hydrogens (tertiary/aromatic N) is 1. The molecule has 0 saturated carbocycles. The molecule has 0 aliphatic carbocycles. The number of rotatable bonds is 18. The summed E-state index contributed by atoms with van der Waals surface area (Å²) in [6.45, 7) is 12.5. The summed E-state index contributed by atoms with van der Waals surface area (Å²) >= 11 is 1.87. The first-order valence-electron chi connectivity index (χ1n) is 16.2. The van der Waals surface area contributed by atoms with Crippen molar-refractivity contribution in [3.8, 4) is 5.75 Å². The number of nitrogens with one attached hydrogen (secondary N) is 2. The quantitative estimate of drug-likeness (QED) is 0.169. The first-order valence-corrected chi connectivity index (χ1v) is 17.2. The van der Waals surface area contributed by atoms with Crippen LogP contribution >= 0.6 is 11.8 Å². The predicted octanol–water partition coefficient (Wildman–Crippen LogP) is 11.1. The Morgan fingerprint density at radius 2 is 1.48 bits per heavy atom. The van der Waals surface area contributed by atoms with Crippen LogP contribution in [0.15, 0.2) is 53.6 Å². The van der Waals surface area contributed by atoms with Gasteiger partial charge in [0.15, 0.2) is 0 Å². The molecule has 6 heteroatoms. The number of allylic oxidation sites excluding steroid dienone is 1. The van der Waals surface area contributed by atoms with E-state index < -0.39 is 0 Å². The van der Waals surface area contributed by atoms with Gasteiger partial charge in [0.25, 0.3) is 0 Å². The Labute approximate surface area is 260 Å². The normalized spacial score (nSPS) is 13.3. The standard InChI is InChI=1S/C36H55N3O2S/c1-6-7-8-9-10-11-12-13-14-15-16-17-25-41-34-32(36(3,4)5)19-18-20-33(34)38-35(40)37-31-23-21-30(22-24-31)27-39-26-29(2)42-28-39/h18-24,26H,6-17,25,27-28H2,1-5H3,(H2,37,38,40). The van der Waals surface area contributed by atoms with E-state index in [1.807, 2.05) is 36.0 Å². The SMILES string of the molecule is CCCCCCCCCCCCCCOc1c(NC(=O)Nc2ccc(CN3C=C(C)SC3)cc2)cccc1C(C)(C)C. The van der Waals surface area contributed by atoms with Crippen LogP contribution in [-0.2, 0) is 12.0 Å². The zero-order chi connectivity index (χ0) is 30.2. The average Bonchev–Trinajstić information content (AvgIpc) is 3.36. The van der Waals surface area contributed by atoms with Crippen LogP contribution in [0.3, 0.4) is 0 Å². The smallest absolute Gasteiger partial charge is 0.323 e. The lowest BCUT2D eigenvalue weighted by Crippen LogP contribution is -2.21. The van der Waals surface area contributed by atoms with E-state index in [2.05, 4.69) is 74.6 Å². The van der Waals surface area contributed by atoms with Gasteiger partial charge in [-0.05, 0) is 47.4 Å². The molecule has 0 spiro atoms. The maximum atomic E-state index is 13.0. The van der Waals surface area contributed by atoms with Gasteiger partial charge in [-0.1, -0.05) is 123 Å². The maximum Gasteiger partial charge on any atom is 0.323 e. The number of hydrogen-bond acceptors (Lipinski definition) is 4. The molecule has 0 saturated heterocycles. The Morgan fingerprint density at radius 1 is 0.857 bits per heavy atom. The van der Waals surface area contributed by atoms with E-state index in [4.69, 9.17) is 4.74 Å². The number of amides is 2. The van der Waals surface area contributed by atoms with E-state index in [0.29, 0.717) is 12.3 Å². The molecule has 3 rings (SSSR count). The van der Waals surface area contributed by atoms with Crippen molar-refractivity contribution in [3.63, 3.8) is 0 Å². The third-order valence-corrected chi connectivity index (χ3v) is 8.76. The van der Waals surface area contributed by atoms with Gasteiger partial charge in [0.05, 0.1) is 18.2 Å². The van der Waals surface area contributed by atoms with Crippen LogP contribution in [0.1, 0.15) is 123 Å². The van der Waals surface area contributed by atoms with Crippen LogP contribution in [0.2, 0.25) is 0 Å². The van der Waals surface area contributed by atoms with Crippen LogP contribution < -0.4 is 15.4 Å². The molecular formula is C36H55N3O2S. The monoisotopic (exact) mass is 593 g/mol. The summed E-state index contributed by atoms with van der Waals surface area (Å²) < 4.78 is 6.37. The molecule has 0 unspecified atom stereocenters. The summed E-state index contributed by atoms with van der Waals surface area (Å²) in [5.41, 5.74) is 3.71. The van der Waals surface area contributed by atoms with E-state index in [9.17, 15) is 4.79 Å². The molecular weight excluding hydrogens is 538 g/mol. The number of thioether (sulfide) groups is 1. The number of carbonyl (C=O) groups is 1. The van der Waals surface area contributed by atoms with E-state index in [0.717, 1.165) is 35.8 Å². The largest absolute Gasteiger partial charge is 0.491 e. The number of ether oxygens (including phenoxy) is 1. The first kappa shape index (κ1) is 33.9. The number of urea groups is 1. The van der Waals surface area contributed by atoms with Gasteiger partial charge >= 0.3 is 6.03 Å². The summed E-state index contributed by atoms with van der Waals surface area (Å²) in [6, 6.07) is 13.8. The zero-order valence-electron chi connectivity index (χ0n) is 26.9. The van der Waals surface area contributed by atoms with Crippen LogP contribution in [0, 0.1) is 0 Å². The lowest BCUT2D eigenvalue weighted by molar-refractivity contribution is 0.261. The van der Waals surface area contributed by atoms with Crippen molar-refractivity contribution in [1.82, 2.24) is 4.90 Å². The average molecular weight is 594 g/mol. The fraction of sp³-hybridized carbons (Fsp3) is 0.583. The molecule has 2 aromatic rings. The Morgan fingerprint density at radius 3 is 2.05 bits per heavy atom. The third kappa shape index (κ3) is 12.3. The number of unbranched alkanes of at least 4 members (excludes halogenated alkanes) is 11. The number of carbonyl (C=O) groups excluding carboxylic acids is 1. The summed E-state index contributed by atoms with van der Waals surface area (Å²) in [5, 5.41) is 6.04. The van der Waals surface area contributed by atoms with Crippen LogP contribution in [-0.4, -0.2) is 23.4 Å². The van der Waals surface area contributed by atoms with Gasteiger partial charge in [-0.3, -0.25) is 0 Å². The molecule has 1 aliphatic rings. The molecule has 1 aliphatic heterocycles. The number of anilines is 2. The second-order valence-electron chi connectivity index (χ2n) is 12.7. The molecule has 0 fully saturated rings. The molecule has 0 radical (unpaired) electrons. The minimum atomic E-state index is -0.265. The molecule has 232 valence electrons. The number of hydrogen-bond donors (Lipinski definition) is 2. The van der Waals surface area contributed by atoms with Crippen molar-refractivity contribution in [3.05, 3.63) is 64.7 Å². The minimum absolute atomic E-state index is 0.0998. The second-order valence-corrected chi connectivity index (χ2v) is 13.9. The molecule has 2 N–H and O–H groups in total. The summed E-state index contributed by atoms with van der Waals surface area (Å²) in [6.07, 6.45) is 18.0. The molecule has 42 heavy (non-hydrogen) atoms. The second kappa shape index (κ2) is 18.1. The van der Waals surface area contributed by atoms with Gasteiger partial charge < -0.3 is 20.3 Å². The molecule has 2 amide bonds. The Hall–Kier alpha value is -2.60. The maximum absolute atomic E-state index is 13.0. The summed E-state index contributed by atoms with van der Waals surface area (Å²) in [4.78, 5) is 16.6. The fourth-order valence-corrected chi connectivity index (χ4v) is 6.08. The molecule has 0 atom stereocenters. The van der Waals surface area contributed by atoms with Gasteiger partial charge in [-0.25, -0.2) is 4.79 Å². The highest BCUT2D eigenvalue weighted by atomic mass is 32.2. The lowest BCUT2D eigenvalue weighted by Gasteiger charge is -2.25. The van der Waals surface area contributed by atoms with Crippen molar-refractivity contribution in [1.29, 1.82) is 0 Å². The highest BCUT2D eigenvalue weighted by Gasteiger charge is 2.22. The lowest BCUT2D eigenvalue weighted by atomic mass is 9.86. The molecule has 0 aromatic heterocycles. The van der Waals surface area contributed by atoms with Gasteiger partial charge in [0.1, 0.15) is 5.75 Å². The molecule has 0 bridgehead atoms. The Kier molecular flexibility index (Phi) is 14.6. The Balaban J connectivity index is 1.44. The zero-order valence-corrected chi connectivity index (χ0v) is 27.7. The van der Waals surface area contributed by atoms with Crippen molar-refractivity contribution in [2.75, 3.05) is 23.1 Å². The van der Waals surface area contributed by atoms with E-state index in [1.165, 1.54) is 81.1 Å². The van der Waals surface area contributed by atoms with Crippen molar-refractivity contribution >= 4 is 29.2 Å². The fourth-order valence-electron chi connectivity index (χ4n) is 5.32. The number of para-hydroxylation sites is 1. The van der Waals surface area contributed by atoms with Gasteiger partial charge in [-0.2, -0.15) is 0 Å².